The van der Waals surface area contributed by atoms with Crippen molar-refractivity contribution in [3.05, 3.63) is 62.0 Å². The van der Waals surface area contributed by atoms with Crippen molar-refractivity contribution in [2.24, 2.45) is 0 Å². The lowest BCUT2D eigenvalue weighted by atomic mass is 9.91. The second-order valence-corrected chi connectivity index (χ2v) is 6.16. The lowest BCUT2D eigenvalue weighted by Crippen LogP contribution is -2.21. The Hall–Kier alpha value is -1.55. The topological polar surface area (TPSA) is 44.9 Å². The molecule has 1 aliphatic carbocycles. The molecule has 1 unspecified atom stereocenters. The molecular weight excluding hydrogens is 316 g/mol. The van der Waals surface area contributed by atoms with Gasteiger partial charge in [-0.3, -0.25) is 4.79 Å². The first-order valence-electron chi connectivity index (χ1n) is 6.88. The van der Waals surface area contributed by atoms with E-state index in [1.165, 1.54) is 11.1 Å². The molecular formula is C16H17BrN2O. The summed E-state index contributed by atoms with van der Waals surface area (Å²) in [6, 6.07) is 10.1. The van der Waals surface area contributed by atoms with Crippen molar-refractivity contribution in [3.63, 3.8) is 0 Å². The van der Waals surface area contributed by atoms with Crippen molar-refractivity contribution < 1.29 is 0 Å². The van der Waals surface area contributed by atoms with Crippen molar-refractivity contribution in [1.82, 2.24) is 4.98 Å². The first kappa shape index (κ1) is 13.4. The number of pyridine rings is 1. The molecule has 0 bridgehead atoms. The third-order valence-electron chi connectivity index (χ3n) is 3.83. The molecule has 104 valence electrons. The molecule has 1 heterocycles. The molecule has 1 aromatic carbocycles. The number of halogens is 1. The highest BCUT2D eigenvalue weighted by Crippen LogP contribution is 2.31. The Balaban J connectivity index is 1.89. The van der Waals surface area contributed by atoms with Crippen LogP contribution in [-0.4, -0.2) is 4.98 Å². The Morgan fingerprint density at radius 1 is 1.30 bits per heavy atom. The zero-order chi connectivity index (χ0) is 14.1. The van der Waals surface area contributed by atoms with Crippen LogP contribution in [0.3, 0.4) is 0 Å². The zero-order valence-electron chi connectivity index (χ0n) is 11.4. The minimum atomic E-state index is -0.0103. The van der Waals surface area contributed by atoms with Crippen LogP contribution in [-0.2, 0) is 6.42 Å². The fraction of sp³-hybridized carbons (Fsp3) is 0.312. The molecule has 20 heavy (non-hydrogen) atoms. The molecule has 0 saturated heterocycles. The van der Waals surface area contributed by atoms with Gasteiger partial charge in [0.05, 0.1) is 6.04 Å². The summed E-state index contributed by atoms with van der Waals surface area (Å²) < 4.78 is 1.12. The van der Waals surface area contributed by atoms with Crippen LogP contribution in [0.1, 0.15) is 35.7 Å². The van der Waals surface area contributed by atoms with Crippen molar-refractivity contribution >= 4 is 21.6 Å². The van der Waals surface area contributed by atoms with Crippen LogP contribution in [0, 0.1) is 6.92 Å². The maximum Gasteiger partial charge on any atom is 0.248 e. The van der Waals surface area contributed by atoms with Crippen LogP contribution < -0.4 is 10.9 Å². The van der Waals surface area contributed by atoms with Gasteiger partial charge in [-0.2, -0.15) is 0 Å². The Labute approximate surface area is 126 Å². The zero-order valence-corrected chi connectivity index (χ0v) is 13.0. The van der Waals surface area contributed by atoms with Gasteiger partial charge in [0, 0.05) is 21.9 Å². The number of nitrogens with one attached hydrogen (secondary N) is 2. The Bertz CT molecular complexity index is 693. The summed E-state index contributed by atoms with van der Waals surface area (Å²) in [7, 11) is 0. The fourth-order valence-electron chi connectivity index (χ4n) is 2.79. The van der Waals surface area contributed by atoms with E-state index < -0.39 is 0 Å². The van der Waals surface area contributed by atoms with Gasteiger partial charge in [-0.1, -0.05) is 15.9 Å². The SMILES string of the molecule is Cc1cc(NC2CCCc3[nH]c(=O)ccc32)ccc1Br. The highest BCUT2D eigenvalue weighted by Gasteiger charge is 2.20. The third-order valence-corrected chi connectivity index (χ3v) is 4.72. The van der Waals surface area contributed by atoms with Crippen LogP contribution in [0.15, 0.2) is 39.6 Å². The molecule has 0 spiro atoms. The van der Waals surface area contributed by atoms with Crippen molar-refractivity contribution in [3.8, 4) is 0 Å². The number of hydrogen-bond donors (Lipinski definition) is 2. The molecule has 3 nitrogen and oxygen atoms in total. The predicted octanol–water partition coefficient (Wildman–Crippen LogP) is 3.94. The van der Waals surface area contributed by atoms with E-state index in [4.69, 9.17) is 0 Å². The van der Waals surface area contributed by atoms with Crippen LogP contribution in [0.4, 0.5) is 5.69 Å². The van der Waals surface area contributed by atoms with Gasteiger partial charge in [0.25, 0.3) is 0 Å². The number of anilines is 1. The molecule has 0 radical (unpaired) electrons. The van der Waals surface area contributed by atoms with Gasteiger partial charge in [0.2, 0.25) is 5.56 Å². The van der Waals surface area contributed by atoms with Gasteiger partial charge >= 0.3 is 0 Å². The predicted molar refractivity (Wildman–Crippen MR) is 85.2 cm³/mol. The Kier molecular flexibility index (Phi) is 3.66. The number of fused-ring (bicyclic) bond motifs is 1. The summed E-state index contributed by atoms with van der Waals surface area (Å²) in [4.78, 5) is 14.4. The van der Waals surface area contributed by atoms with Gasteiger partial charge < -0.3 is 10.3 Å². The molecule has 0 aliphatic heterocycles. The smallest absolute Gasteiger partial charge is 0.248 e. The van der Waals surface area contributed by atoms with E-state index in [-0.39, 0.29) is 11.6 Å². The van der Waals surface area contributed by atoms with Crippen molar-refractivity contribution in [1.29, 1.82) is 0 Å². The monoisotopic (exact) mass is 332 g/mol. The van der Waals surface area contributed by atoms with E-state index in [2.05, 4.69) is 51.4 Å². The van der Waals surface area contributed by atoms with E-state index in [0.717, 1.165) is 35.1 Å². The van der Waals surface area contributed by atoms with E-state index in [0.29, 0.717) is 0 Å². The van der Waals surface area contributed by atoms with Gasteiger partial charge in [0.15, 0.2) is 0 Å². The molecule has 2 N–H and O–H groups in total. The maximum absolute atomic E-state index is 11.4. The maximum atomic E-state index is 11.4. The molecule has 4 heteroatoms. The van der Waals surface area contributed by atoms with Crippen molar-refractivity contribution in [2.75, 3.05) is 5.32 Å². The molecule has 2 aromatic rings. The normalized spacial score (nSPS) is 17.6. The van der Waals surface area contributed by atoms with E-state index in [1.54, 1.807) is 6.07 Å². The van der Waals surface area contributed by atoms with Crippen LogP contribution in [0.2, 0.25) is 0 Å². The largest absolute Gasteiger partial charge is 0.378 e. The number of hydrogen-bond acceptors (Lipinski definition) is 2. The molecule has 1 aliphatic rings. The van der Waals surface area contributed by atoms with Crippen LogP contribution in [0.25, 0.3) is 0 Å². The van der Waals surface area contributed by atoms with Gasteiger partial charge in [-0.15, -0.1) is 0 Å². The quantitative estimate of drug-likeness (QED) is 0.874. The molecule has 3 rings (SSSR count). The standard InChI is InChI=1S/C16H17BrN2O/c1-10-9-11(5-7-13(10)17)18-14-3-2-4-15-12(14)6-8-16(20)19-15/h5-9,14,18H,2-4H2,1H3,(H,19,20). The number of rotatable bonds is 2. The number of aromatic amines is 1. The molecule has 1 atom stereocenters. The van der Waals surface area contributed by atoms with E-state index in [1.807, 2.05) is 6.07 Å². The van der Waals surface area contributed by atoms with Gasteiger partial charge in [0.1, 0.15) is 0 Å². The third kappa shape index (κ3) is 2.66. The minimum Gasteiger partial charge on any atom is -0.378 e. The summed E-state index contributed by atoms with van der Waals surface area (Å²) in [6.45, 7) is 2.08. The summed E-state index contributed by atoms with van der Waals surface area (Å²) in [5, 5.41) is 3.58. The van der Waals surface area contributed by atoms with Gasteiger partial charge in [-0.25, -0.2) is 0 Å². The molecule has 1 aromatic heterocycles. The van der Waals surface area contributed by atoms with E-state index in [9.17, 15) is 4.79 Å². The molecule has 0 fully saturated rings. The average molecular weight is 333 g/mol. The second-order valence-electron chi connectivity index (χ2n) is 5.31. The average Bonchev–Trinajstić information content (AvgIpc) is 2.43. The number of H-pyrrole nitrogens is 1. The lowest BCUT2D eigenvalue weighted by Gasteiger charge is -2.27. The summed E-state index contributed by atoms with van der Waals surface area (Å²) >= 11 is 3.52. The van der Waals surface area contributed by atoms with Crippen LogP contribution in [0.5, 0.6) is 0 Å². The van der Waals surface area contributed by atoms with Crippen LogP contribution >= 0.6 is 15.9 Å². The highest BCUT2D eigenvalue weighted by molar-refractivity contribution is 9.10. The Morgan fingerprint density at radius 3 is 2.95 bits per heavy atom. The second kappa shape index (κ2) is 5.44. The first-order chi connectivity index (χ1) is 9.63. The summed E-state index contributed by atoms with van der Waals surface area (Å²) in [6.07, 6.45) is 3.15. The number of aryl methyl sites for hydroxylation is 2. The van der Waals surface area contributed by atoms with E-state index >= 15 is 0 Å². The molecule has 0 saturated carbocycles. The summed E-state index contributed by atoms with van der Waals surface area (Å²) in [5.74, 6) is 0. The molecule has 0 amide bonds. The van der Waals surface area contributed by atoms with Crippen molar-refractivity contribution in [2.45, 2.75) is 32.2 Å². The summed E-state index contributed by atoms with van der Waals surface area (Å²) in [5.41, 5.74) is 4.62. The first-order valence-corrected chi connectivity index (χ1v) is 7.67. The number of benzene rings is 1. The lowest BCUT2D eigenvalue weighted by molar-refractivity contribution is 0.587. The number of aromatic nitrogens is 1. The highest BCUT2D eigenvalue weighted by atomic mass is 79.9. The minimum absolute atomic E-state index is 0.0103. The fourth-order valence-corrected chi connectivity index (χ4v) is 3.03. The Morgan fingerprint density at radius 2 is 2.15 bits per heavy atom. The van der Waals surface area contributed by atoms with Gasteiger partial charge in [-0.05, 0) is 61.6 Å².